The molecule has 2 aliphatic rings. The third-order valence-corrected chi connectivity index (χ3v) is 4.18. The van der Waals surface area contributed by atoms with Crippen LogP contribution < -0.4 is 5.32 Å². The summed E-state index contributed by atoms with van der Waals surface area (Å²) in [5.41, 5.74) is 0. The number of hydrogen-bond donors (Lipinski definition) is 1. The van der Waals surface area contributed by atoms with Crippen molar-refractivity contribution < 1.29 is 17.9 Å². The molecule has 0 bridgehead atoms. The van der Waals surface area contributed by atoms with E-state index in [0.29, 0.717) is 31.3 Å². The van der Waals surface area contributed by atoms with Gasteiger partial charge in [0, 0.05) is 19.2 Å². The van der Waals surface area contributed by atoms with Gasteiger partial charge in [0.05, 0.1) is 12.6 Å². The van der Waals surface area contributed by atoms with Crippen LogP contribution in [0.1, 0.15) is 32.1 Å². The highest BCUT2D eigenvalue weighted by Gasteiger charge is 2.33. The first-order valence-electron chi connectivity index (χ1n) is 7.04. The van der Waals surface area contributed by atoms with Gasteiger partial charge < -0.3 is 10.1 Å². The highest BCUT2D eigenvalue weighted by molar-refractivity contribution is 4.86. The molecule has 2 atom stereocenters. The molecule has 1 aliphatic heterocycles. The van der Waals surface area contributed by atoms with Gasteiger partial charge in [0.2, 0.25) is 0 Å². The number of hydrogen-bond acceptors (Lipinski definition) is 3. The summed E-state index contributed by atoms with van der Waals surface area (Å²) in [6.45, 7) is 0.310. The Morgan fingerprint density at radius 1 is 1.11 bits per heavy atom. The maximum absolute atomic E-state index is 12.3. The Balaban J connectivity index is 1.66. The predicted octanol–water partition coefficient (Wildman–Crippen LogP) is 2.17. The van der Waals surface area contributed by atoms with Crippen LogP contribution in [0.3, 0.4) is 0 Å². The van der Waals surface area contributed by atoms with Gasteiger partial charge in [0.15, 0.2) is 0 Å². The molecular formula is C13H23F3N2O. The molecule has 2 unspecified atom stereocenters. The number of halogens is 3. The van der Waals surface area contributed by atoms with Crippen molar-refractivity contribution in [3.8, 4) is 0 Å². The first-order valence-corrected chi connectivity index (χ1v) is 7.04. The number of nitrogens with zero attached hydrogens (tertiary/aromatic N) is 1. The van der Waals surface area contributed by atoms with Gasteiger partial charge in [-0.2, -0.15) is 13.2 Å². The Morgan fingerprint density at radius 3 is 2.32 bits per heavy atom. The van der Waals surface area contributed by atoms with Crippen molar-refractivity contribution in [1.29, 1.82) is 0 Å². The summed E-state index contributed by atoms with van der Waals surface area (Å²) >= 11 is 0. The lowest BCUT2D eigenvalue weighted by molar-refractivity contribution is -0.148. The second-order valence-electron chi connectivity index (χ2n) is 5.70. The SMILES string of the molecule is COC1CCC(NC2CCN(CC(F)(F)F)CC2)C1. The number of ether oxygens (including phenoxy) is 1. The lowest BCUT2D eigenvalue weighted by Gasteiger charge is -2.34. The molecule has 0 spiro atoms. The van der Waals surface area contributed by atoms with E-state index < -0.39 is 12.7 Å². The van der Waals surface area contributed by atoms with Crippen molar-refractivity contribution in [2.45, 2.75) is 56.5 Å². The van der Waals surface area contributed by atoms with Gasteiger partial charge in [-0.15, -0.1) is 0 Å². The van der Waals surface area contributed by atoms with E-state index >= 15 is 0 Å². The molecule has 112 valence electrons. The summed E-state index contributed by atoms with van der Waals surface area (Å²) in [4.78, 5) is 1.50. The average molecular weight is 280 g/mol. The molecule has 6 heteroatoms. The molecule has 0 aromatic rings. The Morgan fingerprint density at radius 2 is 1.79 bits per heavy atom. The molecule has 1 N–H and O–H groups in total. The van der Waals surface area contributed by atoms with E-state index in [4.69, 9.17) is 4.74 Å². The summed E-state index contributed by atoms with van der Waals surface area (Å²) in [6.07, 6.45) is 1.12. The molecule has 1 saturated carbocycles. The zero-order valence-electron chi connectivity index (χ0n) is 11.4. The van der Waals surface area contributed by atoms with E-state index in [-0.39, 0.29) is 0 Å². The largest absolute Gasteiger partial charge is 0.401 e. The molecular weight excluding hydrogens is 257 g/mol. The van der Waals surface area contributed by atoms with Gasteiger partial charge in [0.1, 0.15) is 0 Å². The predicted molar refractivity (Wildman–Crippen MR) is 67.1 cm³/mol. The summed E-state index contributed by atoms with van der Waals surface area (Å²) in [5.74, 6) is 0. The van der Waals surface area contributed by atoms with Crippen LogP contribution in [-0.2, 0) is 4.74 Å². The summed E-state index contributed by atoms with van der Waals surface area (Å²) in [5, 5.41) is 3.58. The topological polar surface area (TPSA) is 24.5 Å². The minimum atomic E-state index is -4.07. The van der Waals surface area contributed by atoms with Crippen LogP contribution in [0.5, 0.6) is 0 Å². The molecule has 0 amide bonds. The van der Waals surface area contributed by atoms with E-state index in [2.05, 4.69) is 5.32 Å². The number of nitrogens with one attached hydrogen (secondary N) is 1. The molecule has 0 radical (unpaired) electrons. The van der Waals surface area contributed by atoms with Crippen LogP contribution in [0.4, 0.5) is 13.2 Å². The molecule has 0 aromatic carbocycles. The fourth-order valence-corrected chi connectivity index (χ4v) is 3.15. The maximum Gasteiger partial charge on any atom is 0.401 e. The molecule has 1 saturated heterocycles. The third kappa shape index (κ3) is 4.93. The number of rotatable bonds is 4. The van der Waals surface area contributed by atoms with E-state index in [1.54, 1.807) is 7.11 Å². The van der Waals surface area contributed by atoms with E-state index in [9.17, 15) is 13.2 Å². The second-order valence-corrected chi connectivity index (χ2v) is 5.70. The molecule has 1 aliphatic carbocycles. The molecule has 2 rings (SSSR count). The minimum absolute atomic E-state index is 0.350. The normalized spacial score (nSPS) is 30.9. The lowest BCUT2D eigenvalue weighted by Crippen LogP contribution is -2.47. The van der Waals surface area contributed by atoms with Gasteiger partial charge in [0.25, 0.3) is 0 Å². The van der Waals surface area contributed by atoms with E-state index in [1.165, 1.54) is 4.90 Å². The summed E-state index contributed by atoms with van der Waals surface area (Å²) in [7, 11) is 1.74. The number of piperidine rings is 1. The lowest BCUT2D eigenvalue weighted by atomic mass is 10.0. The maximum atomic E-state index is 12.3. The van der Waals surface area contributed by atoms with Crippen LogP contribution in [-0.4, -0.2) is 56.0 Å². The average Bonchev–Trinajstić information content (AvgIpc) is 2.77. The van der Waals surface area contributed by atoms with Crippen LogP contribution in [0.25, 0.3) is 0 Å². The number of alkyl halides is 3. The zero-order chi connectivity index (χ0) is 13.9. The zero-order valence-corrected chi connectivity index (χ0v) is 11.4. The highest BCUT2D eigenvalue weighted by Crippen LogP contribution is 2.24. The van der Waals surface area contributed by atoms with Crippen molar-refractivity contribution in [2.24, 2.45) is 0 Å². The Hall–Kier alpha value is -0.330. The molecule has 3 nitrogen and oxygen atoms in total. The van der Waals surface area contributed by atoms with Gasteiger partial charge >= 0.3 is 6.18 Å². The van der Waals surface area contributed by atoms with Gasteiger partial charge in [-0.3, -0.25) is 4.90 Å². The van der Waals surface area contributed by atoms with Crippen LogP contribution in [0.2, 0.25) is 0 Å². The minimum Gasteiger partial charge on any atom is -0.381 e. The molecule has 2 fully saturated rings. The quantitative estimate of drug-likeness (QED) is 0.854. The fourth-order valence-electron chi connectivity index (χ4n) is 3.15. The van der Waals surface area contributed by atoms with Crippen LogP contribution >= 0.6 is 0 Å². The number of likely N-dealkylation sites (tertiary alicyclic amines) is 1. The van der Waals surface area contributed by atoms with Crippen molar-refractivity contribution in [3.63, 3.8) is 0 Å². The van der Waals surface area contributed by atoms with Crippen molar-refractivity contribution in [1.82, 2.24) is 10.2 Å². The standard InChI is InChI=1S/C13H23F3N2O/c1-19-12-3-2-11(8-12)17-10-4-6-18(7-5-10)9-13(14,15)16/h10-12,17H,2-9H2,1H3. The van der Waals surface area contributed by atoms with Crippen LogP contribution in [0.15, 0.2) is 0 Å². The van der Waals surface area contributed by atoms with Gasteiger partial charge in [-0.05, 0) is 45.2 Å². The van der Waals surface area contributed by atoms with E-state index in [1.807, 2.05) is 0 Å². The summed E-state index contributed by atoms with van der Waals surface area (Å²) in [6, 6.07) is 0.842. The van der Waals surface area contributed by atoms with Crippen molar-refractivity contribution in [2.75, 3.05) is 26.7 Å². The Bertz CT molecular complexity index is 278. The van der Waals surface area contributed by atoms with Gasteiger partial charge in [-0.1, -0.05) is 0 Å². The van der Waals surface area contributed by atoms with Crippen LogP contribution in [0, 0.1) is 0 Å². The van der Waals surface area contributed by atoms with E-state index in [0.717, 1.165) is 32.1 Å². The third-order valence-electron chi connectivity index (χ3n) is 4.18. The highest BCUT2D eigenvalue weighted by atomic mass is 19.4. The number of methoxy groups -OCH3 is 1. The second kappa shape index (κ2) is 6.41. The smallest absolute Gasteiger partial charge is 0.381 e. The van der Waals surface area contributed by atoms with Crippen molar-refractivity contribution in [3.05, 3.63) is 0 Å². The first kappa shape index (κ1) is 15.1. The molecule has 1 heterocycles. The van der Waals surface area contributed by atoms with Gasteiger partial charge in [-0.25, -0.2) is 0 Å². The fraction of sp³-hybridized carbons (Fsp3) is 1.00. The first-order chi connectivity index (χ1) is 8.96. The molecule has 19 heavy (non-hydrogen) atoms. The Kier molecular flexibility index (Phi) is 5.09. The van der Waals surface area contributed by atoms with Crippen molar-refractivity contribution >= 4 is 0 Å². The Labute approximate surface area is 112 Å². The summed E-state index contributed by atoms with van der Waals surface area (Å²) < 4.78 is 42.2. The monoisotopic (exact) mass is 280 g/mol. The molecule has 0 aromatic heterocycles.